The Morgan fingerprint density at radius 2 is 1.97 bits per heavy atom. The first-order valence-corrected chi connectivity index (χ1v) is 11.2. The first kappa shape index (κ1) is 21.8. The van der Waals surface area contributed by atoms with Gasteiger partial charge in [-0.1, -0.05) is 30.3 Å². The number of nitrogens with zero attached hydrogens (tertiary/aromatic N) is 3. The number of amides is 1. The number of non-ortho nitro benzene ring substituents is 1. The third kappa shape index (κ3) is 4.40. The third-order valence-electron chi connectivity index (χ3n) is 6.28. The van der Waals surface area contributed by atoms with Gasteiger partial charge >= 0.3 is 0 Å². The molecule has 1 aliphatic heterocycles. The number of benzene rings is 2. The molecular weight excluding hydrogens is 432 g/mol. The number of aromatic nitrogens is 2. The molecule has 2 aromatic carbocycles. The Balaban J connectivity index is 1.54. The molecule has 5 rings (SSSR count). The molecule has 0 aliphatic carbocycles. The minimum Gasteiger partial charge on any atom is -0.378 e. The highest BCUT2D eigenvalue weighted by atomic mass is 16.6. The second-order valence-electron chi connectivity index (χ2n) is 8.32. The summed E-state index contributed by atoms with van der Waals surface area (Å²) in [5.41, 5.74) is 4.47. The Morgan fingerprint density at radius 3 is 2.74 bits per heavy atom. The number of fused-ring (bicyclic) bond motifs is 1. The fraction of sp³-hybridized carbons (Fsp3) is 0.231. The van der Waals surface area contributed by atoms with Gasteiger partial charge in [0, 0.05) is 66.4 Å². The van der Waals surface area contributed by atoms with Gasteiger partial charge in [-0.25, -0.2) is 0 Å². The van der Waals surface area contributed by atoms with E-state index in [0.29, 0.717) is 26.3 Å². The Hall–Kier alpha value is -4.04. The minimum absolute atomic E-state index is 0.0126. The average molecular weight is 457 g/mol. The predicted octanol–water partition coefficient (Wildman–Crippen LogP) is 4.52. The Morgan fingerprint density at radius 1 is 1.12 bits per heavy atom. The van der Waals surface area contributed by atoms with Crippen LogP contribution in [0.4, 0.5) is 5.69 Å². The van der Waals surface area contributed by atoms with E-state index >= 15 is 0 Å². The van der Waals surface area contributed by atoms with Crippen LogP contribution in [0, 0.1) is 10.1 Å². The van der Waals surface area contributed by atoms with Gasteiger partial charge in [0.25, 0.3) is 5.69 Å². The van der Waals surface area contributed by atoms with E-state index < -0.39 is 4.92 Å². The molecule has 1 N–H and O–H groups in total. The molecule has 0 spiro atoms. The lowest BCUT2D eigenvalue weighted by Crippen LogP contribution is -2.41. The lowest BCUT2D eigenvalue weighted by Gasteiger charge is -2.28. The normalized spacial score (nSPS) is 14.8. The molecule has 0 unspecified atom stereocenters. The van der Waals surface area contributed by atoms with E-state index in [0.717, 1.165) is 33.3 Å². The van der Waals surface area contributed by atoms with E-state index in [4.69, 9.17) is 4.74 Å². The largest absolute Gasteiger partial charge is 0.378 e. The zero-order valence-corrected chi connectivity index (χ0v) is 18.5. The predicted molar refractivity (Wildman–Crippen MR) is 128 cm³/mol. The molecule has 0 radical (unpaired) electrons. The molecule has 0 bridgehead atoms. The molecule has 1 saturated heterocycles. The molecule has 4 aromatic rings. The molecule has 34 heavy (non-hydrogen) atoms. The second-order valence-corrected chi connectivity index (χ2v) is 8.32. The SMILES string of the molecule is O=C(C[C@H](c1cccc([N+](=O)[O-])c1)c1c[nH]c2cc(-c3ccccn3)ccc12)N1CCOCC1. The highest BCUT2D eigenvalue weighted by molar-refractivity contribution is 5.89. The van der Waals surface area contributed by atoms with Crippen LogP contribution in [0.2, 0.25) is 0 Å². The van der Waals surface area contributed by atoms with Crippen molar-refractivity contribution in [2.45, 2.75) is 12.3 Å². The smallest absolute Gasteiger partial charge is 0.269 e. The lowest BCUT2D eigenvalue weighted by molar-refractivity contribution is -0.384. The summed E-state index contributed by atoms with van der Waals surface area (Å²) in [7, 11) is 0. The maximum atomic E-state index is 13.2. The molecule has 8 nitrogen and oxygen atoms in total. The topological polar surface area (TPSA) is 101 Å². The van der Waals surface area contributed by atoms with Crippen LogP contribution in [0.25, 0.3) is 22.2 Å². The zero-order valence-electron chi connectivity index (χ0n) is 18.5. The highest BCUT2D eigenvalue weighted by Crippen LogP contribution is 2.36. The van der Waals surface area contributed by atoms with Crippen LogP contribution in [-0.4, -0.2) is 52.0 Å². The Kier molecular flexibility index (Phi) is 6.05. The zero-order chi connectivity index (χ0) is 23.5. The third-order valence-corrected chi connectivity index (χ3v) is 6.28. The van der Waals surface area contributed by atoms with Crippen LogP contribution in [0.3, 0.4) is 0 Å². The van der Waals surface area contributed by atoms with Gasteiger partial charge in [-0.2, -0.15) is 0 Å². The number of morpholine rings is 1. The molecular formula is C26H24N4O4. The van der Waals surface area contributed by atoms with E-state index in [2.05, 4.69) is 9.97 Å². The van der Waals surface area contributed by atoms with Gasteiger partial charge in [0.2, 0.25) is 5.91 Å². The minimum atomic E-state index is -0.404. The summed E-state index contributed by atoms with van der Waals surface area (Å²) < 4.78 is 5.38. The van der Waals surface area contributed by atoms with Crippen molar-refractivity contribution >= 4 is 22.5 Å². The molecule has 1 aliphatic rings. The van der Waals surface area contributed by atoms with Crippen molar-refractivity contribution in [2.75, 3.05) is 26.3 Å². The fourth-order valence-electron chi connectivity index (χ4n) is 4.51. The number of nitro benzene ring substituents is 1. The summed E-state index contributed by atoms with van der Waals surface area (Å²) >= 11 is 0. The standard InChI is InChI=1S/C26H24N4O4/c31-26(29-10-12-34-13-11-29)16-22(18-4-3-5-20(14-18)30(32)33)23-17-28-25-15-19(7-8-21(23)25)24-6-1-2-9-27-24/h1-9,14-15,17,22,28H,10-13,16H2/t22-/m1/s1. The van der Waals surface area contributed by atoms with Crippen LogP contribution in [0.1, 0.15) is 23.5 Å². The van der Waals surface area contributed by atoms with E-state index in [9.17, 15) is 14.9 Å². The number of carbonyl (C=O) groups is 1. The number of pyridine rings is 1. The van der Waals surface area contributed by atoms with Gasteiger partial charge in [0.1, 0.15) is 0 Å². The summed E-state index contributed by atoms with van der Waals surface area (Å²) in [6.45, 7) is 2.16. The molecule has 1 atom stereocenters. The first-order valence-electron chi connectivity index (χ1n) is 11.2. The second kappa shape index (κ2) is 9.44. The first-order chi connectivity index (χ1) is 16.6. The van der Waals surface area contributed by atoms with Crippen molar-refractivity contribution in [3.05, 3.63) is 94.3 Å². The quantitative estimate of drug-likeness (QED) is 0.340. The van der Waals surface area contributed by atoms with E-state index in [1.54, 1.807) is 18.3 Å². The van der Waals surface area contributed by atoms with Crippen molar-refractivity contribution < 1.29 is 14.5 Å². The summed E-state index contributed by atoms with van der Waals surface area (Å²) in [4.78, 5) is 33.8. The number of ether oxygens (including phenoxy) is 1. The van der Waals surface area contributed by atoms with Crippen LogP contribution in [0.15, 0.2) is 73.1 Å². The van der Waals surface area contributed by atoms with Crippen molar-refractivity contribution in [2.24, 2.45) is 0 Å². The fourth-order valence-corrected chi connectivity index (χ4v) is 4.51. The summed E-state index contributed by atoms with van der Waals surface area (Å²) in [6.07, 6.45) is 3.88. The van der Waals surface area contributed by atoms with Crippen molar-refractivity contribution in [3.8, 4) is 11.3 Å². The van der Waals surface area contributed by atoms with Crippen LogP contribution in [0.5, 0.6) is 0 Å². The Labute approximate surface area is 196 Å². The van der Waals surface area contributed by atoms with Crippen molar-refractivity contribution in [1.82, 2.24) is 14.9 Å². The number of rotatable bonds is 6. The maximum absolute atomic E-state index is 13.2. The van der Waals surface area contributed by atoms with Gasteiger partial charge in [0.05, 0.1) is 23.8 Å². The maximum Gasteiger partial charge on any atom is 0.269 e. The summed E-state index contributed by atoms with van der Waals surface area (Å²) in [6, 6.07) is 18.4. The van der Waals surface area contributed by atoms with Gasteiger partial charge in [-0.15, -0.1) is 0 Å². The summed E-state index contributed by atoms with van der Waals surface area (Å²) in [5, 5.41) is 12.4. The molecule has 1 fully saturated rings. The average Bonchev–Trinajstić information content (AvgIpc) is 3.31. The van der Waals surface area contributed by atoms with Gasteiger partial charge in [-0.3, -0.25) is 19.9 Å². The van der Waals surface area contributed by atoms with Gasteiger partial charge in [0.15, 0.2) is 0 Å². The van der Waals surface area contributed by atoms with Crippen molar-refractivity contribution in [3.63, 3.8) is 0 Å². The number of hydrogen-bond acceptors (Lipinski definition) is 5. The van der Waals surface area contributed by atoms with E-state index in [1.165, 1.54) is 6.07 Å². The van der Waals surface area contributed by atoms with Crippen LogP contribution < -0.4 is 0 Å². The molecule has 0 saturated carbocycles. The number of nitrogens with one attached hydrogen (secondary N) is 1. The molecule has 1 amide bonds. The van der Waals surface area contributed by atoms with Crippen molar-refractivity contribution in [1.29, 1.82) is 0 Å². The van der Waals surface area contributed by atoms with E-state index in [-0.39, 0.29) is 23.9 Å². The van der Waals surface area contributed by atoms with E-state index in [1.807, 2.05) is 53.6 Å². The number of carbonyl (C=O) groups excluding carboxylic acids is 1. The monoisotopic (exact) mass is 456 g/mol. The highest BCUT2D eigenvalue weighted by Gasteiger charge is 2.26. The number of hydrogen-bond donors (Lipinski definition) is 1. The van der Waals surface area contributed by atoms with Gasteiger partial charge in [-0.05, 0) is 29.3 Å². The molecule has 172 valence electrons. The van der Waals surface area contributed by atoms with Crippen LogP contribution >= 0.6 is 0 Å². The molecule has 2 aromatic heterocycles. The number of nitro groups is 1. The lowest BCUT2D eigenvalue weighted by atomic mass is 9.87. The number of aromatic amines is 1. The van der Waals surface area contributed by atoms with Gasteiger partial charge < -0.3 is 14.6 Å². The van der Waals surface area contributed by atoms with Crippen LogP contribution in [-0.2, 0) is 9.53 Å². The molecule has 8 heteroatoms. The summed E-state index contributed by atoms with van der Waals surface area (Å²) in [5.74, 6) is -0.316. The molecule has 3 heterocycles. The Bertz CT molecular complexity index is 1330. The number of H-pyrrole nitrogens is 1.